The smallest absolute Gasteiger partial charge is 0.330 e. The number of H-pyrrole nitrogens is 1. The molecule has 0 aliphatic heterocycles. The van der Waals surface area contributed by atoms with Gasteiger partial charge in [-0.05, 0) is 44.4 Å². The standard InChI is InChI=1S/C24H29N5O3/c1-5-28(14-19(30)26-20-16(3)11-15(2)12-17(20)4)21-22(25)29(24(32)27-23(21)31)13-18-9-7-6-8-10-18/h6-12H,5,13-14,25H2,1-4H3,(H,26,30)(H,27,31,32). The summed E-state index contributed by atoms with van der Waals surface area (Å²) >= 11 is 0. The van der Waals surface area contributed by atoms with E-state index in [4.69, 9.17) is 5.73 Å². The Morgan fingerprint density at radius 1 is 1.09 bits per heavy atom. The number of anilines is 3. The van der Waals surface area contributed by atoms with Crippen LogP contribution in [0.4, 0.5) is 17.2 Å². The van der Waals surface area contributed by atoms with Gasteiger partial charge in [0.15, 0.2) is 0 Å². The van der Waals surface area contributed by atoms with Crippen LogP contribution in [0.2, 0.25) is 0 Å². The first-order valence-electron chi connectivity index (χ1n) is 10.5. The fraction of sp³-hybridized carbons (Fsp3) is 0.292. The van der Waals surface area contributed by atoms with Crippen molar-refractivity contribution in [1.29, 1.82) is 0 Å². The fourth-order valence-electron chi connectivity index (χ4n) is 3.88. The van der Waals surface area contributed by atoms with Crippen LogP contribution in [-0.2, 0) is 11.3 Å². The third-order valence-electron chi connectivity index (χ3n) is 5.37. The van der Waals surface area contributed by atoms with Gasteiger partial charge >= 0.3 is 5.69 Å². The minimum absolute atomic E-state index is 0.0277. The van der Waals surface area contributed by atoms with E-state index in [2.05, 4.69) is 10.3 Å². The van der Waals surface area contributed by atoms with Crippen LogP contribution in [0.3, 0.4) is 0 Å². The molecule has 3 rings (SSSR count). The van der Waals surface area contributed by atoms with Crippen LogP contribution in [0, 0.1) is 20.8 Å². The first-order chi connectivity index (χ1) is 15.2. The van der Waals surface area contributed by atoms with Crippen molar-refractivity contribution < 1.29 is 4.79 Å². The Bertz CT molecular complexity index is 1220. The first-order valence-corrected chi connectivity index (χ1v) is 10.5. The number of rotatable bonds is 7. The molecule has 8 heteroatoms. The quantitative estimate of drug-likeness (QED) is 0.528. The number of benzene rings is 2. The average molecular weight is 436 g/mol. The first kappa shape index (κ1) is 22.9. The number of nitrogen functional groups attached to an aromatic ring is 1. The second kappa shape index (κ2) is 9.55. The lowest BCUT2D eigenvalue weighted by atomic mass is 10.1. The van der Waals surface area contributed by atoms with Crippen molar-refractivity contribution >= 4 is 23.1 Å². The summed E-state index contributed by atoms with van der Waals surface area (Å²) in [4.78, 5) is 41.8. The van der Waals surface area contributed by atoms with Crippen molar-refractivity contribution in [2.45, 2.75) is 34.2 Å². The second-order valence-corrected chi connectivity index (χ2v) is 7.90. The molecule has 0 saturated carbocycles. The number of nitrogens with one attached hydrogen (secondary N) is 2. The van der Waals surface area contributed by atoms with Gasteiger partial charge in [-0.15, -0.1) is 0 Å². The Labute approximate surface area is 186 Å². The number of aromatic amines is 1. The molecule has 0 saturated heterocycles. The van der Waals surface area contributed by atoms with Crippen LogP contribution in [0.25, 0.3) is 0 Å². The summed E-state index contributed by atoms with van der Waals surface area (Å²) in [5.74, 6) is -0.249. The number of carbonyl (C=O) groups excluding carboxylic acids is 1. The van der Waals surface area contributed by atoms with E-state index in [-0.39, 0.29) is 30.5 Å². The van der Waals surface area contributed by atoms with Gasteiger partial charge in [0.05, 0.1) is 13.1 Å². The van der Waals surface area contributed by atoms with Gasteiger partial charge in [-0.25, -0.2) is 4.79 Å². The molecule has 0 fully saturated rings. The highest BCUT2D eigenvalue weighted by Crippen LogP contribution is 2.22. The molecule has 32 heavy (non-hydrogen) atoms. The van der Waals surface area contributed by atoms with Crippen molar-refractivity contribution in [3.63, 3.8) is 0 Å². The van der Waals surface area contributed by atoms with Gasteiger partial charge in [-0.3, -0.25) is 19.1 Å². The van der Waals surface area contributed by atoms with Crippen LogP contribution in [-0.4, -0.2) is 28.5 Å². The Hall–Kier alpha value is -3.81. The summed E-state index contributed by atoms with van der Waals surface area (Å²) in [7, 11) is 0. The highest BCUT2D eigenvalue weighted by Gasteiger charge is 2.21. The van der Waals surface area contributed by atoms with Crippen molar-refractivity contribution in [3.8, 4) is 0 Å². The molecule has 2 aromatic carbocycles. The summed E-state index contributed by atoms with van der Waals surface area (Å²) in [5.41, 5.74) is 9.84. The van der Waals surface area contributed by atoms with E-state index in [9.17, 15) is 14.4 Å². The van der Waals surface area contributed by atoms with Gasteiger partial charge in [0.25, 0.3) is 5.56 Å². The topological polar surface area (TPSA) is 113 Å². The molecule has 0 aliphatic rings. The number of aryl methyl sites for hydroxylation is 3. The van der Waals surface area contributed by atoms with E-state index in [0.29, 0.717) is 6.54 Å². The summed E-state index contributed by atoms with van der Waals surface area (Å²) in [6, 6.07) is 13.3. The van der Waals surface area contributed by atoms with E-state index >= 15 is 0 Å². The monoisotopic (exact) mass is 435 g/mol. The number of nitrogens with two attached hydrogens (primary N) is 1. The zero-order valence-corrected chi connectivity index (χ0v) is 18.9. The van der Waals surface area contributed by atoms with Crippen molar-refractivity contribution in [2.75, 3.05) is 29.0 Å². The molecular weight excluding hydrogens is 406 g/mol. The number of nitrogens with zero attached hydrogens (tertiary/aromatic N) is 2. The maximum absolute atomic E-state index is 12.8. The maximum atomic E-state index is 12.8. The molecule has 1 aromatic heterocycles. The highest BCUT2D eigenvalue weighted by atomic mass is 16.2. The summed E-state index contributed by atoms with van der Waals surface area (Å²) in [6.45, 7) is 8.19. The molecule has 0 aliphatic carbocycles. The van der Waals surface area contributed by atoms with Gasteiger partial charge in [-0.2, -0.15) is 0 Å². The summed E-state index contributed by atoms with van der Waals surface area (Å²) < 4.78 is 1.31. The molecule has 0 bridgehead atoms. The summed E-state index contributed by atoms with van der Waals surface area (Å²) in [6.07, 6.45) is 0. The predicted molar refractivity (Wildman–Crippen MR) is 128 cm³/mol. The van der Waals surface area contributed by atoms with Crippen molar-refractivity contribution in [1.82, 2.24) is 9.55 Å². The highest BCUT2D eigenvalue weighted by molar-refractivity contribution is 5.95. The van der Waals surface area contributed by atoms with E-state index in [1.165, 1.54) is 4.57 Å². The largest absolute Gasteiger partial charge is 0.383 e. The Balaban J connectivity index is 1.90. The normalized spacial score (nSPS) is 10.8. The van der Waals surface area contributed by atoms with Crippen LogP contribution >= 0.6 is 0 Å². The number of carbonyl (C=O) groups is 1. The van der Waals surface area contributed by atoms with E-state index < -0.39 is 11.2 Å². The molecule has 4 N–H and O–H groups in total. The van der Waals surface area contributed by atoms with Gasteiger partial charge in [-0.1, -0.05) is 48.0 Å². The van der Waals surface area contributed by atoms with E-state index in [1.807, 2.05) is 70.2 Å². The predicted octanol–water partition coefficient (Wildman–Crippen LogP) is 2.56. The van der Waals surface area contributed by atoms with Crippen LogP contribution in [0.15, 0.2) is 52.1 Å². The number of likely N-dealkylation sites (N-methyl/N-ethyl adjacent to an activating group) is 1. The molecule has 168 valence electrons. The molecule has 8 nitrogen and oxygen atoms in total. The third kappa shape index (κ3) is 4.91. The molecular formula is C24H29N5O3. The number of aromatic nitrogens is 2. The van der Waals surface area contributed by atoms with E-state index in [1.54, 1.807) is 4.90 Å². The molecule has 3 aromatic rings. The molecule has 1 heterocycles. The Morgan fingerprint density at radius 3 is 2.31 bits per heavy atom. The average Bonchev–Trinajstić information content (AvgIpc) is 2.73. The lowest BCUT2D eigenvalue weighted by Crippen LogP contribution is -2.41. The van der Waals surface area contributed by atoms with Gasteiger partial charge < -0.3 is 16.0 Å². The molecule has 0 unspecified atom stereocenters. The van der Waals surface area contributed by atoms with Crippen molar-refractivity contribution in [2.24, 2.45) is 0 Å². The van der Waals surface area contributed by atoms with Crippen LogP contribution in [0.5, 0.6) is 0 Å². The van der Waals surface area contributed by atoms with E-state index in [0.717, 1.165) is 27.9 Å². The molecule has 0 spiro atoms. The number of hydrogen-bond donors (Lipinski definition) is 3. The minimum Gasteiger partial charge on any atom is -0.383 e. The zero-order chi connectivity index (χ0) is 23.4. The number of hydrogen-bond acceptors (Lipinski definition) is 5. The van der Waals surface area contributed by atoms with Gasteiger partial charge in [0.2, 0.25) is 5.91 Å². The Kier molecular flexibility index (Phi) is 6.82. The molecule has 1 amide bonds. The summed E-state index contributed by atoms with van der Waals surface area (Å²) in [5, 5.41) is 2.94. The molecule has 0 radical (unpaired) electrons. The van der Waals surface area contributed by atoms with Crippen LogP contribution < -0.4 is 27.2 Å². The second-order valence-electron chi connectivity index (χ2n) is 7.90. The number of amides is 1. The lowest BCUT2D eigenvalue weighted by molar-refractivity contribution is -0.115. The maximum Gasteiger partial charge on any atom is 0.330 e. The minimum atomic E-state index is -0.617. The zero-order valence-electron chi connectivity index (χ0n) is 18.9. The van der Waals surface area contributed by atoms with Crippen LogP contribution in [0.1, 0.15) is 29.2 Å². The lowest BCUT2D eigenvalue weighted by Gasteiger charge is -2.24. The fourth-order valence-corrected chi connectivity index (χ4v) is 3.88. The van der Waals surface area contributed by atoms with Gasteiger partial charge in [0, 0.05) is 12.2 Å². The Morgan fingerprint density at radius 2 is 1.72 bits per heavy atom. The van der Waals surface area contributed by atoms with Gasteiger partial charge in [0.1, 0.15) is 11.5 Å². The SMILES string of the molecule is CCN(CC(=O)Nc1c(C)cc(C)cc1C)c1c(N)n(Cc2ccccc2)c(=O)[nH]c1=O. The third-order valence-corrected chi connectivity index (χ3v) is 5.37. The molecule has 0 atom stereocenters. The van der Waals surface area contributed by atoms with Crippen molar-refractivity contribution in [3.05, 3.63) is 85.6 Å².